The summed E-state index contributed by atoms with van der Waals surface area (Å²) in [7, 11) is 0. The lowest BCUT2D eigenvalue weighted by Crippen LogP contribution is -2.39. The number of hydrogen-bond donors (Lipinski definition) is 2. The first-order valence-electron chi connectivity index (χ1n) is 19.9. The number of halogens is 1. The van der Waals surface area contributed by atoms with Crippen molar-refractivity contribution < 1.29 is 57.9 Å². The number of rotatable bonds is 21. The Bertz CT molecular complexity index is 2000. The molecular formula is C46H57BrO12. The Hall–Kier alpha value is -4.85. The van der Waals surface area contributed by atoms with Gasteiger partial charge in [-0.25, -0.2) is 9.59 Å². The quantitative estimate of drug-likeness (QED) is 0.0365. The van der Waals surface area contributed by atoms with E-state index in [9.17, 15) is 34.2 Å². The van der Waals surface area contributed by atoms with Crippen molar-refractivity contribution in [2.24, 2.45) is 5.41 Å². The number of aliphatic hydroxyl groups excluding tert-OH is 2. The average Bonchev–Trinajstić information content (AvgIpc) is 3.24. The number of fused-ring (bicyclic) bond motifs is 2. The molecule has 2 N–H and O–H groups in total. The standard InChI is InChI=1S/C26H34O8.C20H23BrO4/c1-4-26(16-27,17-28)25(31)33-12-6-5-11-32-23(29)15-34-24(30)19(3)20-9-10-21-13-18(2)7-8-22(21)14-20;1-14-5-6-18-12-16(7-8-17(18)11-14)15(2)20(23)25-13-19(22)24-10-4-3-9-21/h7-10,13-14,19,27-28H,4-6,11-12,15-17H2,1-3H3;5-8,11-12,15H,3-4,9-10,13H2,1-2H3. The van der Waals surface area contributed by atoms with Crippen molar-refractivity contribution in [3.05, 3.63) is 95.1 Å². The van der Waals surface area contributed by atoms with Gasteiger partial charge in [-0.2, -0.15) is 0 Å². The summed E-state index contributed by atoms with van der Waals surface area (Å²) in [6.45, 7) is 7.97. The van der Waals surface area contributed by atoms with Crippen molar-refractivity contribution in [3.8, 4) is 0 Å². The fourth-order valence-electron chi connectivity index (χ4n) is 5.81. The van der Waals surface area contributed by atoms with E-state index in [1.165, 1.54) is 5.56 Å². The van der Waals surface area contributed by atoms with Crippen molar-refractivity contribution in [1.29, 1.82) is 0 Å². The van der Waals surface area contributed by atoms with Crippen molar-refractivity contribution >= 4 is 67.3 Å². The summed E-state index contributed by atoms with van der Waals surface area (Å²) >= 11 is 3.31. The zero-order chi connectivity index (χ0) is 43.4. The summed E-state index contributed by atoms with van der Waals surface area (Å²) in [6, 6.07) is 24.0. The molecule has 4 aromatic rings. The molecule has 0 saturated carbocycles. The highest BCUT2D eigenvalue weighted by Gasteiger charge is 2.37. The van der Waals surface area contributed by atoms with Gasteiger partial charge in [-0.1, -0.05) is 107 Å². The number of hydrogen-bond acceptors (Lipinski definition) is 12. The summed E-state index contributed by atoms with van der Waals surface area (Å²) in [5.41, 5.74) is 2.74. The third-order valence-corrected chi connectivity index (χ3v) is 10.5. The van der Waals surface area contributed by atoms with Crippen LogP contribution in [-0.4, -0.2) is 91.6 Å². The molecule has 2 atom stereocenters. The minimum absolute atomic E-state index is 0.0793. The predicted molar refractivity (Wildman–Crippen MR) is 228 cm³/mol. The van der Waals surface area contributed by atoms with Crippen LogP contribution in [0, 0.1) is 19.3 Å². The first-order valence-corrected chi connectivity index (χ1v) is 21.0. The predicted octanol–water partition coefficient (Wildman–Crippen LogP) is 7.56. The molecule has 0 aromatic heterocycles. The number of alkyl halides is 1. The molecule has 0 aliphatic carbocycles. The van der Waals surface area contributed by atoms with Crippen LogP contribution >= 0.6 is 15.9 Å². The molecule has 0 aliphatic rings. The molecule has 13 heteroatoms. The molecular weight excluding hydrogens is 824 g/mol. The monoisotopic (exact) mass is 880 g/mol. The SMILES string of the molecule is CCC(CO)(CO)C(=O)OCCCCOC(=O)COC(=O)C(C)c1ccc2cc(C)ccc2c1.Cc1ccc2cc(C(C)C(=O)OCC(=O)OCCCCBr)ccc2c1. The number of carbonyl (C=O) groups is 5. The maximum Gasteiger partial charge on any atom is 0.344 e. The van der Waals surface area contributed by atoms with Crippen molar-refractivity contribution in [2.75, 3.05) is 51.6 Å². The van der Waals surface area contributed by atoms with E-state index in [1.54, 1.807) is 20.8 Å². The number of carbonyl (C=O) groups excluding carboxylic acids is 5. The lowest BCUT2D eigenvalue weighted by atomic mass is 9.87. The molecule has 0 aliphatic heterocycles. The number of ether oxygens (including phenoxy) is 5. The second-order valence-electron chi connectivity index (χ2n) is 14.5. The van der Waals surface area contributed by atoms with Crippen molar-refractivity contribution in [3.63, 3.8) is 0 Å². The van der Waals surface area contributed by atoms with Crippen LogP contribution in [0.3, 0.4) is 0 Å². The second-order valence-corrected chi connectivity index (χ2v) is 15.3. The topological polar surface area (TPSA) is 172 Å². The van der Waals surface area contributed by atoms with E-state index in [0.29, 0.717) is 19.4 Å². The summed E-state index contributed by atoms with van der Waals surface area (Å²) in [5.74, 6) is -3.72. The van der Waals surface area contributed by atoms with E-state index in [-0.39, 0.29) is 26.2 Å². The Morgan fingerprint density at radius 3 is 1.37 bits per heavy atom. The molecule has 320 valence electrons. The van der Waals surface area contributed by atoms with Crippen LogP contribution in [0.2, 0.25) is 0 Å². The lowest BCUT2D eigenvalue weighted by Gasteiger charge is -2.25. The first kappa shape index (κ1) is 48.5. The van der Waals surface area contributed by atoms with Crippen molar-refractivity contribution in [2.45, 2.75) is 78.6 Å². The minimum atomic E-state index is -1.29. The molecule has 0 fully saturated rings. The Balaban J connectivity index is 0.000000330. The zero-order valence-corrected chi connectivity index (χ0v) is 36.2. The third kappa shape index (κ3) is 15.4. The average molecular weight is 882 g/mol. The molecule has 12 nitrogen and oxygen atoms in total. The van der Waals surface area contributed by atoms with E-state index in [1.807, 2.05) is 74.5 Å². The van der Waals surface area contributed by atoms with Crippen LogP contribution in [0.5, 0.6) is 0 Å². The minimum Gasteiger partial charge on any atom is -0.465 e. The molecule has 0 saturated heterocycles. The summed E-state index contributed by atoms with van der Waals surface area (Å²) in [6.07, 6.45) is 2.86. The highest BCUT2D eigenvalue weighted by Crippen LogP contribution is 2.26. The summed E-state index contributed by atoms with van der Waals surface area (Å²) in [5, 5.41) is 23.9. The van der Waals surface area contributed by atoms with Gasteiger partial charge in [-0.05, 0) is 92.5 Å². The van der Waals surface area contributed by atoms with Gasteiger partial charge >= 0.3 is 29.8 Å². The summed E-state index contributed by atoms with van der Waals surface area (Å²) in [4.78, 5) is 60.0. The Labute approximate surface area is 354 Å². The van der Waals surface area contributed by atoms with E-state index < -0.39 is 66.9 Å². The third-order valence-electron chi connectivity index (χ3n) is 9.95. The van der Waals surface area contributed by atoms with Gasteiger partial charge in [0.25, 0.3) is 0 Å². The van der Waals surface area contributed by atoms with Crippen LogP contribution in [0.15, 0.2) is 72.8 Å². The fourth-order valence-corrected chi connectivity index (χ4v) is 6.21. The van der Waals surface area contributed by atoms with Gasteiger partial charge in [0.2, 0.25) is 0 Å². The van der Waals surface area contributed by atoms with Gasteiger partial charge in [0.05, 0.1) is 44.9 Å². The van der Waals surface area contributed by atoms with Gasteiger partial charge < -0.3 is 33.9 Å². The Morgan fingerprint density at radius 2 is 0.966 bits per heavy atom. The van der Waals surface area contributed by atoms with Crippen LogP contribution in [-0.2, 0) is 47.7 Å². The van der Waals surface area contributed by atoms with E-state index in [0.717, 1.165) is 56.4 Å². The van der Waals surface area contributed by atoms with Crippen LogP contribution in [0.1, 0.15) is 87.0 Å². The number of aliphatic hydroxyl groups is 2. The first-order chi connectivity index (χ1) is 28.3. The number of esters is 5. The van der Waals surface area contributed by atoms with Gasteiger partial charge in [0.1, 0.15) is 5.41 Å². The zero-order valence-electron chi connectivity index (χ0n) is 34.6. The fraction of sp³-hybridized carbons (Fsp3) is 0.457. The van der Waals surface area contributed by atoms with Gasteiger partial charge in [0.15, 0.2) is 13.2 Å². The number of aryl methyl sites for hydroxylation is 2. The largest absolute Gasteiger partial charge is 0.465 e. The smallest absolute Gasteiger partial charge is 0.344 e. The summed E-state index contributed by atoms with van der Waals surface area (Å²) < 4.78 is 25.3. The highest BCUT2D eigenvalue weighted by atomic mass is 79.9. The maximum absolute atomic E-state index is 12.4. The highest BCUT2D eigenvalue weighted by molar-refractivity contribution is 9.09. The van der Waals surface area contributed by atoms with Crippen LogP contribution < -0.4 is 0 Å². The molecule has 0 spiro atoms. The normalized spacial score (nSPS) is 12.1. The molecule has 4 aromatic carbocycles. The van der Waals surface area contributed by atoms with Crippen LogP contribution in [0.4, 0.5) is 0 Å². The van der Waals surface area contributed by atoms with E-state index >= 15 is 0 Å². The van der Waals surface area contributed by atoms with Crippen molar-refractivity contribution in [1.82, 2.24) is 0 Å². The maximum atomic E-state index is 12.4. The van der Waals surface area contributed by atoms with E-state index in [4.69, 9.17) is 23.7 Å². The molecule has 4 rings (SSSR count). The molecule has 0 radical (unpaired) electrons. The second kappa shape index (κ2) is 24.9. The molecule has 0 heterocycles. The van der Waals surface area contributed by atoms with Gasteiger partial charge in [0, 0.05) is 5.33 Å². The van der Waals surface area contributed by atoms with E-state index in [2.05, 4.69) is 28.1 Å². The van der Waals surface area contributed by atoms with Gasteiger partial charge in [-0.15, -0.1) is 0 Å². The molecule has 0 bridgehead atoms. The molecule has 2 unspecified atom stereocenters. The number of unbranched alkanes of at least 4 members (excludes halogenated alkanes) is 2. The number of benzene rings is 4. The lowest BCUT2D eigenvalue weighted by molar-refractivity contribution is -0.162. The Kier molecular flexibility index (Phi) is 20.5. The molecule has 59 heavy (non-hydrogen) atoms. The Morgan fingerprint density at radius 1 is 0.576 bits per heavy atom. The van der Waals surface area contributed by atoms with Gasteiger partial charge in [-0.3, -0.25) is 14.4 Å². The molecule has 0 amide bonds. The van der Waals surface area contributed by atoms with Crippen LogP contribution in [0.25, 0.3) is 21.5 Å².